The van der Waals surface area contributed by atoms with Crippen LogP contribution in [0.1, 0.15) is 33.1 Å². The lowest BCUT2D eigenvalue weighted by Crippen LogP contribution is -2.17. The van der Waals surface area contributed by atoms with Crippen LogP contribution in [0, 0.1) is 0 Å². The lowest BCUT2D eigenvalue weighted by molar-refractivity contribution is 0.0677. The van der Waals surface area contributed by atoms with Gasteiger partial charge in [-0.15, -0.1) is 0 Å². The second-order valence-electron chi connectivity index (χ2n) is 2.96. The summed E-state index contributed by atoms with van der Waals surface area (Å²) in [6, 6.07) is 0. The van der Waals surface area contributed by atoms with Crippen LogP contribution in [0.3, 0.4) is 0 Å². The van der Waals surface area contributed by atoms with E-state index >= 15 is 0 Å². The number of alkyl halides is 1. The van der Waals surface area contributed by atoms with Gasteiger partial charge in [0.1, 0.15) is 0 Å². The van der Waals surface area contributed by atoms with Gasteiger partial charge in [-0.05, 0) is 33.1 Å². The highest BCUT2D eigenvalue weighted by Gasteiger charge is 2.10. The van der Waals surface area contributed by atoms with Crippen molar-refractivity contribution in [1.29, 1.82) is 0 Å². The molecule has 0 amide bonds. The Labute approximate surface area is 55.9 Å². The molecule has 0 radical (unpaired) electrons. The van der Waals surface area contributed by atoms with Gasteiger partial charge in [0.05, 0.1) is 12.3 Å². The van der Waals surface area contributed by atoms with Gasteiger partial charge in [0, 0.05) is 0 Å². The van der Waals surface area contributed by atoms with Crippen molar-refractivity contribution in [3.8, 4) is 0 Å². The summed E-state index contributed by atoms with van der Waals surface area (Å²) in [5.41, 5.74) is -0.616. The minimum absolute atomic E-state index is 0.268. The fourth-order valence-corrected chi connectivity index (χ4v) is 0.652. The molecule has 9 heavy (non-hydrogen) atoms. The number of unbranched alkanes of at least 4 members (excludes halogenated alkanes) is 1. The van der Waals surface area contributed by atoms with E-state index in [9.17, 15) is 4.39 Å². The SMILES string of the molecule is CC(C)(O)CCCCF. The van der Waals surface area contributed by atoms with Crippen LogP contribution in [0.25, 0.3) is 0 Å². The molecule has 0 aliphatic carbocycles. The summed E-state index contributed by atoms with van der Waals surface area (Å²) >= 11 is 0. The van der Waals surface area contributed by atoms with Crippen molar-refractivity contribution < 1.29 is 9.50 Å². The van der Waals surface area contributed by atoms with E-state index in [0.29, 0.717) is 12.8 Å². The molecule has 1 N–H and O–H groups in total. The monoisotopic (exact) mass is 134 g/mol. The van der Waals surface area contributed by atoms with E-state index in [4.69, 9.17) is 5.11 Å². The van der Waals surface area contributed by atoms with Crippen molar-refractivity contribution in [2.75, 3.05) is 6.67 Å². The predicted octanol–water partition coefficient (Wildman–Crippen LogP) is 1.90. The van der Waals surface area contributed by atoms with E-state index < -0.39 is 5.60 Å². The molecule has 0 aromatic rings. The van der Waals surface area contributed by atoms with Gasteiger partial charge in [-0.3, -0.25) is 4.39 Å². The largest absolute Gasteiger partial charge is 0.390 e. The second-order valence-corrected chi connectivity index (χ2v) is 2.96. The summed E-state index contributed by atoms with van der Waals surface area (Å²) in [5.74, 6) is 0. The van der Waals surface area contributed by atoms with E-state index in [-0.39, 0.29) is 6.67 Å². The van der Waals surface area contributed by atoms with Gasteiger partial charge in [-0.25, -0.2) is 0 Å². The van der Waals surface area contributed by atoms with Crippen LogP contribution in [0.4, 0.5) is 4.39 Å². The molecule has 0 spiro atoms. The fraction of sp³-hybridized carbons (Fsp3) is 1.00. The predicted molar refractivity (Wildman–Crippen MR) is 36.1 cm³/mol. The number of hydrogen-bond acceptors (Lipinski definition) is 1. The van der Waals surface area contributed by atoms with Crippen molar-refractivity contribution >= 4 is 0 Å². The molecule has 0 saturated carbocycles. The molecule has 0 aliphatic rings. The van der Waals surface area contributed by atoms with Crippen LogP contribution >= 0.6 is 0 Å². The maximum Gasteiger partial charge on any atom is 0.0894 e. The number of hydrogen-bond donors (Lipinski definition) is 1. The van der Waals surface area contributed by atoms with Crippen LogP contribution in [0.5, 0.6) is 0 Å². The average molecular weight is 134 g/mol. The Morgan fingerprint density at radius 2 is 1.89 bits per heavy atom. The van der Waals surface area contributed by atoms with Crippen molar-refractivity contribution in [2.24, 2.45) is 0 Å². The van der Waals surface area contributed by atoms with E-state index in [1.54, 1.807) is 13.8 Å². The maximum atomic E-state index is 11.5. The molecular formula is C7H15FO. The van der Waals surface area contributed by atoms with E-state index in [2.05, 4.69) is 0 Å². The third kappa shape index (κ3) is 7.89. The lowest BCUT2D eigenvalue weighted by Gasteiger charge is -2.15. The molecule has 0 aliphatic heterocycles. The maximum absolute atomic E-state index is 11.5. The standard InChI is InChI=1S/C7H15FO/c1-7(2,9)5-3-4-6-8/h9H,3-6H2,1-2H3. The Kier molecular flexibility index (Phi) is 3.78. The molecule has 0 unspecified atom stereocenters. The van der Waals surface area contributed by atoms with Gasteiger partial charge in [-0.2, -0.15) is 0 Å². The smallest absolute Gasteiger partial charge is 0.0894 e. The summed E-state index contributed by atoms with van der Waals surface area (Å²) in [4.78, 5) is 0. The van der Waals surface area contributed by atoms with Crippen LogP contribution in [0.15, 0.2) is 0 Å². The van der Waals surface area contributed by atoms with Gasteiger partial charge in [0.2, 0.25) is 0 Å². The Bertz CT molecular complexity index is 65.8. The molecule has 0 atom stereocenters. The first-order valence-corrected chi connectivity index (χ1v) is 3.34. The average Bonchev–Trinajstić information content (AvgIpc) is 1.63. The number of aliphatic hydroxyl groups is 1. The number of rotatable bonds is 4. The molecule has 56 valence electrons. The van der Waals surface area contributed by atoms with E-state index in [1.165, 1.54) is 0 Å². The van der Waals surface area contributed by atoms with Crippen molar-refractivity contribution in [3.63, 3.8) is 0 Å². The summed E-state index contributed by atoms with van der Waals surface area (Å²) in [6.07, 6.45) is 2.04. The minimum Gasteiger partial charge on any atom is -0.390 e. The molecular weight excluding hydrogens is 119 g/mol. The van der Waals surface area contributed by atoms with E-state index in [1.807, 2.05) is 0 Å². The highest BCUT2D eigenvalue weighted by atomic mass is 19.1. The van der Waals surface area contributed by atoms with Gasteiger partial charge in [0.15, 0.2) is 0 Å². The van der Waals surface area contributed by atoms with Crippen LogP contribution in [-0.2, 0) is 0 Å². The molecule has 0 aromatic carbocycles. The first kappa shape index (κ1) is 8.89. The van der Waals surface area contributed by atoms with Crippen LogP contribution in [-0.4, -0.2) is 17.4 Å². The minimum atomic E-state index is -0.616. The van der Waals surface area contributed by atoms with Gasteiger partial charge >= 0.3 is 0 Å². The second kappa shape index (κ2) is 3.83. The Morgan fingerprint density at radius 1 is 1.33 bits per heavy atom. The number of halogens is 1. The van der Waals surface area contributed by atoms with Gasteiger partial charge in [0.25, 0.3) is 0 Å². The molecule has 0 aromatic heterocycles. The molecule has 0 bridgehead atoms. The Morgan fingerprint density at radius 3 is 2.22 bits per heavy atom. The zero-order valence-corrected chi connectivity index (χ0v) is 6.15. The van der Waals surface area contributed by atoms with Gasteiger partial charge < -0.3 is 5.11 Å². The van der Waals surface area contributed by atoms with Crippen LogP contribution in [0.2, 0.25) is 0 Å². The molecule has 1 nitrogen and oxygen atoms in total. The third-order valence-corrected chi connectivity index (χ3v) is 1.17. The summed E-state index contributed by atoms with van der Waals surface area (Å²) in [5, 5.41) is 9.12. The van der Waals surface area contributed by atoms with E-state index in [0.717, 1.165) is 6.42 Å². The quantitative estimate of drug-likeness (QED) is 0.582. The molecule has 0 rings (SSSR count). The zero-order valence-electron chi connectivity index (χ0n) is 6.15. The zero-order chi connectivity index (χ0) is 7.33. The summed E-state index contributed by atoms with van der Waals surface area (Å²) in [6.45, 7) is 3.21. The first-order chi connectivity index (χ1) is 4.06. The summed E-state index contributed by atoms with van der Waals surface area (Å²) in [7, 11) is 0. The van der Waals surface area contributed by atoms with Crippen molar-refractivity contribution in [3.05, 3.63) is 0 Å². The highest BCUT2D eigenvalue weighted by Crippen LogP contribution is 2.11. The molecule has 0 saturated heterocycles. The van der Waals surface area contributed by atoms with Crippen molar-refractivity contribution in [1.82, 2.24) is 0 Å². The fourth-order valence-electron chi connectivity index (χ4n) is 0.652. The third-order valence-electron chi connectivity index (χ3n) is 1.17. The van der Waals surface area contributed by atoms with Crippen LogP contribution < -0.4 is 0 Å². The first-order valence-electron chi connectivity index (χ1n) is 3.34. The van der Waals surface area contributed by atoms with Gasteiger partial charge in [-0.1, -0.05) is 0 Å². The lowest BCUT2D eigenvalue weighted by atomic mass is 10.0. The Hall–Kier alpha value is -0.110. The highest BCUT2D eigenvalue weighted by molar-refractivity contribution is 4.63. The van der Waals surface area contributed by atoms with Crippen molar-refractivity contribution in [2.45, 2.75) is 38.7 Å². The normalized spacial score (nSPS) is 12.0. The summed E-state index contributed by atoms with van der Waals surface area (Å²) < 4.78 is 11.5. The molecule has 0 fully saturated rings. The topological polar surface area (TPSA) is 20.2 Å². The Balaban J connectivity index is 3.07. The molecule has 2 heteroatoms. The molecule has 0 heterocycles.